The summed E-state index contributed by atoms with van der Waals surface area (Å²) in [5.74, 6) is 0. The summed E-state index contributed by atoms with van der Waals surface area (Å²) in [5.41, 5.74) is 0.366. The number of hydrogen-bond acceptors (Lipinski definition) is 1. The molecule has 0 heterocycles. The molecule has 0 aromatic carbocycles. The molecule has 1 heteroatoms. The highest BCUT2D eigenvalue weighted by Crippen LogP contribution is 2.23. The first-order valence-corrected chi connectivity index (χ1v) is 9.81. The first-order valence-electron chi connectivity index (χ1n) is 9.81. The predicted octanol–water partition coefficient (Wildman–Crippen LogP) is 6.85. The van der Waals surface area contributed by atoms with Crippen LogP contribution in [0.4, 0.5) is 0 Å². The third-order valence-corrected chi connectivity index (χ3v) is 4.55. The Hall–Kier alpha value is -0.0400. The molecule has 21 heavy (non-hydrogen) atoms. The molecule has 0 fully saturated rings. The van der Waals surface area contributed by atoms with E-state index in [9.17, 15) is 0 Å². The van der Waals surface area contributed by atoms with Crippen LogP contribution in [0.2, 0.25) is 0 Å². The Kier molecular flexibility index (Phi) is 13.6. The molecule has 0 spiro atoms. The molecule has 0 saturated carbocycles. The number of unbranched alkanes of at least 4 members (excludes halogenated alkanes) is 9. The van der Waals surface area contributed by atoms with Gasteiger partial charge in [0.05, 0.1) is 0 Å². The Morgan fingerprint density at radius 3 is 1.43 bits per heavy atom. The van der Waals surface area contributed by atoms with Gasteiger partial charge in [0.25, 0.3) is 0 Å². The molecule has 0 bridgehead atoms. The molecule has 0 radical (unpaired) electrons. The number of hydrogen-bond donors (Lipinski definition) is 1. The van der Waals surface area contributed by atoms with Crippen LogP contribution in [0.1, 0.15) is 118 Å². The van der Waals surface area contributed by atoms with Crippen molar-refractivity contribution in [2.24, 2.45) is 0 Å². The van der Waals surface area contributed by atoms with E-state index in [0.717, 1.165) is 0 Å². The minimum Gasteiger partial charge on any atom is -0.309 e. The molecule has 0 aliphatic heterocycles. The lowest BCUT2D eigenvalue weighted by Gasteiger charge is -2.33. The minimum absolute atomic E-state index is 0.366. The third kappa shape index (κ3) is 13.4. The van der Waals surface area contributed by atoms with E-state index in [-0.39, 0.29) is 0 Å². The zero-order chi connectivity index (χ0) is 16.0. The molecule has 1 unspecified atom stereocenters. The first kappa shape index (κ1) is 21.0. The average Bonchev–Trinajstić information content (AvgIpc) is 2.42. The summed E-state index contributed by atoms with van der Waals surface area (Å²) in [6, 6.07) is 0.603. The van der Waals surface area contributed by atoms with Gasteiger partial charge in [0.15, 0.2) is 0 Å². The maximum atomic E-state index is 3.85. The van der Waals surface area contributed by atoms with Crippen molar-refractivity contribution in [3.05, 3.63) is 0 Å². The summed E-state index contributed by atoms with van der Waals surface area (Å²) >= 11 is 0. The standard InChI is InChI=1S/C20H43N/c1-6-8-10-12-14-16-18-20(5,21-19(3)4)17-15-13-11-9-7-2/h19,21H,6-18H2,1-5H3. The van der Waals surface area contributed by atoms with Gasteiger partial charge in [-0.3, -0.25) is 0 Å². The van der Waals surface area contributed by atoms with Gasteiger partial charge in [-0.05, 0) is 19.8 Å². The number of nitrogens with one attached hydrogen (secondary N) is 1. The van der Waals surface area contributed by atoms with Gasteiger partial charge in [-0.2, -0.15) is 0 Å². The monoisotopic (exact) mass is 297 g/mol. The van der Waals surface area contributed by atoms with Crippen LogP contribution in [-0.4, -0.2) is 11.6 Å². The minimum atomic E-state index is 0.366. The van der Waals surface area contributed by atoms with Crippen LogP contribution in [0.15, 0.2) is 0 Å². The van der Waals surface area contributed by atoms with E-state index < -0.39 is 0 Å². The van der Waals surface area contributed by atoms with Gasteiger partial charge >= 0.3 is 0 Å². The van der Waals surface area contributed by atoms with Crippen molar-refractivity contribution in [1.29, 1.82) is 0 Å². The van der Waals surface area contributed by atoms with Crippen molar-refractivity contribution < 1.29 is 0 Å². The molecule has 1 N–H and O–H groups in total. The topological polar surface area (TPSA) is 12.0 Å². The van der Waals surface area contributed by atoms with Gasteiger partial charge in [-0.25, -0.2) is 0 Å². The quantitative estimate of drug-likeness (QED) is 0.326. The van der Waals surface area contributed by atoms with Crippen molar-refractivity contribution in [2.45, 2.75) is 130 Å². The fourth-order valence-electron chi connectivity index (χ4n) is 3.38. The summed E-state index contributed by atoms with van der Waals surface area (Å²) < 4.78 is 0. The van der Waals surface area contributed by atoms with Gasteiger partial charge in [0.2, 0.25) is 0 Å². The Morgan fingerprint density at radius 2 is 1.05 bits per heavy atom. The highest BCUT2D eigenvalue weighted by molar-refractivity contribution is 4.84. The highest BCUT2D eigenvalue weighted by atomic mass is 15.0. The molecule has 1 nitrogen and oxygen atoms in total. The largest absolute Gasteiger partial charge is 0.309 e. The summed E-state index contributed by atoms with van der Waals surface area (Å²) in [7, 11) is 0. The van der Waals surface area contributed by atoms with Crippen molar-refractivity contribution >= 4 is 0 Å². The fourth-order valence-corrected chi connectivity index (χ4v) is 3.38. The number of rotatable bonds is 15. The lowest BCUT2D eigenvalue weighted by molar-refractivity contribution is 0.267. The Bertz CT molecular complexity index is 212. The van der Waals surface area contributed by atoms with Crippen molar-refractivity contribution in [2.75, 3.05) is 0 Å². The van der Waals surface area contributed by atoms with Crippen LogP contribution in [0.5, 0.6) is 0 Å². The molecular weight excluding hydrogens is 254 g/mol. The van der Waals surface area contributed by atoms with Gasteiger partial charge in [-0.1, -0.05) is 98.3 Å². The van der Waals surface area contributed by atoms with E-state index in [1.807, 2.05) is 0 Å². The molecule has 0 aliphatic rings. The Labute approximate surface area is 135 Å². The van der Waals surface area contributed by atoms with Crippen molar-refractivity contribution in [3.8, 4) is 0 Å². The van der Waals surface area contributed by atoms with Crippen LogP contribution in [0.25, 0.3) is 0 Å². The second kappa shape index (κ2) is 13.6. The predicted molar refractivity (Wildman–Crippen MR) is 98.0 cm³/mol. The SMILES string of the molecule is CCCCCCCCC(C)(CCCCCCC)NC(C)C. The summed E-state index contributed by atoms with van der Waals surface area (Å²) in [6.45, 7) is 11.6. The molecule has 0 aromatic rings. The van der Waals surface area contributed by atoms with Gasteiger partial charge in [-0.15, -0.1) is 0 Å². The lowest BCUT2D eigenvalue weighted by atomic mass is 9.87. The first-order chi connectivity index (χ1) is 10.0. The molecular formula is C20H43N. The van der Waals surface area contributed by atoms with E-state index in [1.165, 1.54) is 83.5 Å². The summed E-state index contributed by atoms with van der Waals surface area (Å²) in [4.78, 5) is 0. The van der Waals surface area contributed by atoms with Crippen LogP contribution < -0.4 is 5.32 Å². The molecule has 128 valence electrons. The second-order valence-corrected chi connectivity index (χ2v) is 7.54. The van der Waals surface area contributed by atoms with Crippen LogP contribution in [-0.2, 0) is 0 Å². The van der Waals surface area contributed by atoms with E-state index in [1.54, 1.807) is 0 Å². The zero-order valence-corrected chi connectivity index (χ0v) is 15.8. The van der Waals surface area contributed by atoms with Gasteiger partial charge in [0, 0.05) is 11.6 Å². The summed E-state index contributed by atoms with van der Waals surface area (Å²) in [5, 5.41) is 3.85. The maximum absolute atomic E-state index is 3.85. The van der Waals surface area contributed by atoms with Crippen LogP contribution in [0.3, 0.4) is 0 Å². The summed E-state index contributed by atoms with van der Waals surface area (Å²) in [6.07, 6.45) is 18.1. The molecule has 0 rings (SSSR count). The van der Waals surface area contributed by atoms with E-state index >= 15 is 0 Å². The van der Waals surface area contributed by atoms with E-state index in [4.69, 9.17) is 0 Å². The maximum Gasteiger partial charge on any atom is 0.0155 e. The Morgan fingerprint density at radius 1 is 0.667 bits per heavy atom. The van der Waals surface area contributed by atoms with Crippen molar-refractivity contribution in [1.82, 2.24) is 5.32 Å². The third-order valence-electron chi connectivity index (χ3n) is 4.55. The molecule has 0 saturated heterocycles. The molecule has 0 amide bonds. The average molecular weight is 298 g/mol. The van der Waals surface area contributed by atoms with Crippen LogP contribution >= 0.6 is 0 Å². The molecule has 1 atom stereocenters. The van der Waals surface area contributed by atoms with Crippen LogP contribution in [0, 0.1) is 0 Å². The highest BCUT2D eigenvalue weighted by Gasteiger charge is 2.23. The smallest absolute Gasteiger partial charge is 0.0155 e. The normalized spacial score (nSPS) is 14.6. The van der Waals surface area contributed by atoms with Crippen molar-refractivity contribution in [3.63, 3.8) is 0 Å². The van der Waals surface area contributed by atoms with Gasteiger partial charge in [0.1, 0.15) is 0 Å². The van der Waals surface area contributed by atoms with Gasteiger partial charge < -0.3 is 5.32 Å². The second-order valence-electron chi connectivity index (χ2n) is 7.54. The van der Waals surface area contributed by atoms with E-state index in [2.05, 4.69) is 39.9 Å². The molecule has 0 aliphatic carbocycles. The van der Waals surface area contributed by atoms with E-state index in [0.29, 0.717) is 11.6 Å². The lowest BCUT2D eigenvalue weighted by Crippen LogP contribution is -2.46. The fraction of sp³-hybridized carbons (Fsp3) is 1.00. The Balaban J connectivity index is 3.92. The zero-order valence-electron chi connectivity index (χ0n) is 15.8. The molecule has 0 aromatic heterocycles.